The minimum absolute atomic E-state index is 0.272. The van der Waals surface area contributed by atoms with Gasteiger partial charge in [0.15, 0.2) is 6.17 Å². The molecule has 3 heterocycles. The summed E-state index contributed by atoms with van der Waals surface area (Å²) in [6.45, 7) is -0.148. The maximum absolute atomic E-state index is 14.4. The quantitative estimate of drug-likeness (QED) is 0.565. The van der Waals surface area contributed by atoms with Crippen LogP contribution in [0, 0.1) is 0 Å². The van der Waals surface area contributed by atoms with E-state index in [1.165, 1.54) is 15.9 Å². The van der Waals surface area contributed by atoms with Gasteiger partial charge in [0.25, 0.3) is 0 Å². The zero-order chi connectivity index (χ0) is 19.9. The molecule has 4 rings (SSSR count). The van der Waals surface area contributed by atoms with Crippen molar-refractivity contribution in [3.8, 4) is 10.7 Å². The Labute approximate surface area is 163 Å². The summed E-state index contributed by atoms with van der Waals surface area (Å²) in [5.41, 5.74) is 1.71. The minimum Gasteiger partial charge on any atom is -0.329 e. The summed E-state index contributed by atoms with van der Waals surface area (Å²) in [6, 6.07) is 6.66. The Morgan fingerprint density at radius 3 is 2.82 bits per heavy atom. The fourth-order valence-electron chi connectivity index (χ4n) is 3.46. The number of halogens is 4. The lowest BCUT2D eigenvalue weighted by Gasteiger charge is -2.26. The molecule has 0 aliphatic carbocycles. The van der Waals surface area contributed by atoms with Crippen molar-refractivity contribution in [3.63, 3.8) is 0 Å². The van der Waals surface area contributed by atoms with Crippen LogP contribution in [-0.4, -0.2) is 52.6 Å². The van der Waals surface area contributed by atoms with Crippen LogP contribution in [0.15, 0.2) is 40.8 Å². The highest BCUT2D eigenvalue weighted by atomic mass is 32.1. The van der Waals surface area contributed by atoms with Gasteiger partial charge in [-0.15, -0.1) is 11.3 Å². The zero-order valence-corrected chi connectivity index (χ0v) is 15.9. The molecule has 0 N–H and O–H groups in total. The number of thiazole rings is 1. The van der Waals surface area contributed by atoms with Crippen LogP contribution in [0.25, 0.3) is 21.6 Å². The number of nitrogens with zero attached hydrogens (tertiary/aromatic N) is 4. The summed E-state index contributed by atoms with van der Waals surface area (Å²) < 4.78 is 55.2. The van der Waals surface area contributed by atoms with E-state index in [0.717, 1.165) is 0 Å². The van der Waals surface area contributed by atoms with E-state index in [9.17, 15) is 17.6 Å². The number of fused-ring (bicyclic) bond motifs is 1. The first-order valence-corrected chi connectivity index (χ1v) is 9.69. The van der Waals surface area contributed by atoms with E-state index in [2.05, 4.69) is 9.98 Å². The molecule has 1 fully saturated rings. The number of rotatable bonds is 3. The third kappa shape index (κ3) is 3.81. The molecule has 3 aromatic rings. The van der Waals surface area contributed by atoms with Gasteiger partial charge in [0.05, 0.1) is 22.6 Å². The van der Waals surface area contributed by atoms with Crippen LogP contribution in [-0.2, 0) is 6.54 Å². The number of likely N-dealkylation sites (tertiary alicyclic amines) is 1. The average Bonchev–Trinajstić information content (AvgIpc) is 3.25. The molecule has 0 amide bonds. The number of aliphatic imine (C=N–C) groups is 1. The maximum atomic E-state index is 14.4. The first kappa shape index (κ1) is 19.1. The zero-order valence-electron chi connectivity index (χ0n) is 15.1. The van der Waals surface area contributed by atoms with Crippen molar-refractivity contribution in [3.05, 3.63) is 35.8 Å². The largest absolute Gasteiger partial charge is 0.406 e. The molecule has 1 saturated heterocycles. The summed E-state index contributed by atoms with van der Waals surface area (Å²) >= 11 is 1.27. The van der Waals surface area contributed by atoms with Crippen molar-refractivity contribution in [2.45, 2.75) is 25.3 Å². The normalized spacial score (nSPS) is 20.3. The second-order valence-corrected chi connectivity index (χ2v) is 7.76. The lowest BCUT2D eigenvalue weighted by molar-refractivity contribution is -0.139. The summed E-state index contributed by atoms with van der Waals surface area (Å²) in [6.07, 6.45) is -3.50. The fraction of sp³-hybridized carbons (Fsp3) is 0.368. The van der Waals surface area contributed by atoms with E-state index < -0.39 is 18.9 Å². The summed E-state index contributed by atoms with van der Waals surface area (Å²) in [4.78, 5) is 10.6. The third-order valence-corrected chi connectivity index (χ3v) is 5.55. The van der Waals surface area contributed by atoms with Crippen LogP contribution in [0.3, 0.4) is 0 Å². The Morgan fingerprint density at radius 1 is 1.32 bits per heavy atom. The van der Waals surface area contributed by atoms with Crippen molar-refractivity contribution >= 4 is 33.6 Å². The minimum atomic E-state index is -4.38. The highest BCUT2D eigenvalue weighted by Crippen LogP contribution is 2.37. The highest BCUT2D eigenvalue weighted by Gasteiger charge is 2.31. The van der Waals surface area contributed by atoms with E-state index >= 15 is 0 Å². The molecule has 0 unspecified atom stereocenters. The molecular weight excluding hydrogens is 392 g/mol. The van der Waals surface area contributed by atoms with Gasteiger partial charge in [-0.2, -0.15) is 13.2 Å². The summed E-state index contributed by atoms with van der Waals surface area (Å²) in [5.74, 6) is 0. The number of piperidine rings is 1. The molecule has 0 radical (unpaired) electrons. The summed E-state index contributed by atoms with van der Waals surface area (Å²) in [7, 11) is 1.85. The van der Waals surface area contributed by atoms with Crippen molar-refractivity contribution in [1.29, 1.82) is 0 Å². The van der Waals surface area contributed by atoms with Gasteiger partial charge in [-0.3, -0.25) is 4.99 Å². The van der Waals surface area contributed by atoms with Crippen molar-refractivity contribution in [2.75, 3.05) is 20.1 Å². The molecule has 9 heteroatoms. The molecule has 1 aliphatic rings. The van der Waals surface area contributed by atoms with Gasteiger partial charge in [-0.25, -0.2) is 9.37 Å². The Morgan fingerprint density at radius 2 is 2.14 bits per heavy atom. The topological polar surface area (TPSA) is 33.4 Å². The fourth-order valence-corrected chi connectivity index (χ4v) is 4.12. The van der Waals surface area contributed by atoms with Crippen molar-refractivity contribution in [2.24, 2.45) is 4.99 Å². The third-order valence-electron chi connectivity index (χ3n) is 4.76. The molecule has 4 nitrogen and oxygen atoms in total. The van der Waals surface area contributed by atoms with Crippen molar-refractivity contribution in [1.82, 2.24) is 14.5 Å². The monoisotopic (exact) mass is 410 g/mol. The van der Waals surface area contributed by atoms with Gasteiger partial charge in [0.2, 0.25) is 0 Å². The number of hydrogen-bond acceptors (Lipinski definition) is 4. The smallest absolute Gasteiger partial charge is 0.329 e. The Hall–Kier alpha value is -2.26. The number of hydrogen-bond donors (Lipinski definition) is 0. The summed E-state index contributed by atoms with van der Waals surface area (Å²) in [5, 5.41) is 2.79. The standard InChI is InChI=1S/C19H18F4N4S/c1-26-7-5-15(13(20)10-26)25-14-3-2-4-16-12(14)9-17(18-24-6-8-28-18)27(16)11-19(21,22)23/h2-4,6,8-9,13H,5,7,10-11H2,1H3/t13-/m0/s1. The maximum Gasteiger partial charge on any atom is 0.406 e. The molecule has 2 aromatic heterocycles. The lowest BCUT2D eigenvalue weighted by Crippen LogP contribution is -2.39. The van der Waals surface area contributed by atoms with E-state index in [-0.39, 0.29) is 6.54 Å². The second kappa shape index (κ2) is 7.29. The Kier molecular flexibility index (Phi) is 4.96. The number of aromatic nitrogens is 2. The van der Waals surface area contributed by atoms with Crippen LogP contribution < -0.4 is 0 Å². The van der Waals surface area contributed by atoms with Crippen LogP contribution in [0.4, 0.5) is 23.2 Å². The molecule has 1 atom stereocenters. The van der Waals surface area contributed by atoms with E-state index in [1.54, 1.807) is 35.8 Å². The first-order chi connectivity index (χ1) is 13.3. The van der Waals surface area contributed by atoms with E-state index in [4.69, 9.17) is 0 Å². The lowest BCUT2D eigenvalue weighted by atomic mass is 10.1. The van der Waals surface area contributed by atoms with Gasteiger partial charge in [0, 0.05) is 36.5 Å². The highest BCUT2D eigenvalue weighted by molar-refractivity contribution is 7.13. The molecule has 1 aromatic carbocycles. The van der Waals surface area contributed by atoms with Crippen LogP contribution >= 0.6 is 11.3 Å². The Balaban J connectivity index is 1.85. The number of alkyl halides is 4. The second-order valence-electron chi connectivity index (χ2n) is 6.86. The SMILES string of the molecule is CN1CCC(=Nc2cccc3c2cc(-c2nccs2)n3CC(F)(F)F)[C@@H](F)C1. The van der Waals surface area contributed by atoms with Crippen LogP contribution in [0.1, 0.15) is 6.42 Å². The molecule has 0 bridgehead atoms. The van der Waals surface area contributed by atoms with Crippen LogP contribution in [0.5, 0.6) is 0 Å². The molecule has 0 spiro atoms. The average molecular weight is 410 g/mol. The van der Waals surface area contributed by atoms with Gasteiger partial charge in [-0.1, -0.05) is 6.07 Å². The van der Waals surface area contributed by atoms with Crippen molar-refractivity contribution < 1.29 is 17.6 Å². The Bertz CT molecular complexity index is 1010. The van der Waals surface area contributed by atoms with Gasteiger partial charge in [-0.05, 0) is 25.2 Å². The molecule has 1 aliphatic heterocycles. The first-order valence-electron chi connectivity index (χ1n) is 8.81. The molecule has 28 heavy (non-hydrogen) atoms. The van der Waals surface area contributed by atoms with Gasteiger partial charge >= 0.3 is 6.18 Å². The van der Waals surface area contributed by atoms with E-state index in [1.807, 2.05) is 11.9 Å². The predicted octanol–water partition coefficient (Wildman–Crippen LogP) is 5.07. The van der Waals surface area contributed by atoms with Crippen LogP contribution in [0.2, 0.25) is 0 Å². The van der Waals surface area contributed by atoms with Gasteiger partial charge in [0.1, 0.15) is 11.6 Å². The molecule has 148 valence electrons. The predicted molar refractivity (Wildman–Crippen MR) is 103 cm³/mol. The van der Waals surface area contributed by atoms with E-state index in [0.29, 0.717) is 46.0 Å². The molecule has 0 saturated carbocycles. The van der Waals surface area contributed by atoms with Gasteiger partial charge < -0.3 is 9.47 Å². The number of benzene rings is 1. The molecular formula is C19H18F4N4S.